The van der Waals surface area contributed by atoms with Crippen molar-refractivity contribution < 1.29 is 14.3 Å². The lowest BCUT2D eigenvalue weighted by atomic mass is 10.3. The molecule has 0 saturated carbocycles. The van der Waals surface area contributed by atoms with Gasteiger partial charge >= 0.3 is 6.03 Å². The maximum atomic E-state index is 12.0. The SMILES string of the molecule is CC#C[C@H]1CNC(=O)N1c1nc2c3c(ccc2s1)OCO3. The molecule has 1 aromatic heterocycles. The molecule has 1 atom stereocenters. The monoisotopic (exact) mass is 301 g/mol. The van der Waals surface area contributed by atoms with Crippen LogP contribution in [0.2, 0.25) is 0 Å². The fourth-order valence-corrected chi connectivity index (χ4v) is 3.47. The van der Waals surface area contributed by atoms with Crippen LogP contribution in [0.25, 0.3) is 10.2 Å². The molecule has 7 heteroatoms. The van der Waals surface area contributed by atoms with Gasteiger partial charge in [-0.2, -0.15) is 0 Å². The average Bonchev–Trinajstić information content (AvgIpc) is 3.15. The van der Waals surface area contributed by atoms with Gasteiger partial charge in [0.2, 0.25) is 6.79 Å². The highest BCUT2D eigenvalue weighted by atomic mass is 32.1. The summed E-state index contributed by atoms with van der Waals surface area (Å²) in [6, 6.07) is 3.43. The fraction of sp³-hybridized carbons (Fsp3) is 0.286. The lowest BCUT2D eigenvalue weighted by molar-refractivity contribution is 0.174. The van der Waals surface area contributed by atoms with Gasteiger partial charge in [0.25, 0.3) is 0 Å². The van der Waals surface area contributed by atoms with Crippen LogP contribution in [-0.2, 0) is 0 Å². The van der Waals surface area contributed by atoms with E-state index in [0.717, 1.165) is 10.2 Å². The van der Waals surface area contributed by atoms with E-state index in [-0.39, 0.29) is 18.9 Å². The van der Waals surface area contributed by atoms with Crippen molar-refractivity contribution in [2.45, 2.75) is 13.0 Å². The molecule has 0 spiro atoms. The van der Waals surface area contributed by atoms with Crippen LogP contribution in [0.15, 0.2) is 12.1 Å². The number of nitrogens with one attached hydrogen (secondary N) is 1. The molecule has 21 heavy (non-hydrogen) atoms. The van der Waals surface area contributed by atoms with Gasteiger partial charge in [-0.1, -0.05) is 17.3 Å². The van der Waals surface area contributed by atoms with Crippen LogP contribution < -0.4 is 19.7 Å². The standard InChI is InChI=1S/C14H11N3O3S/c1-2-3-8-6-15-13(18)17(8)14-16-11-10(21-14)5-4-9-12(11)20-7-19-9/h4-5,8H,6-7H2,1H3,(H,15,18)/t8-/m0/s1. The fourth-order valence-electron chi connectivity index (χ4n) is 2.45. The quantitative estimate of drug-likeness (QED) is 0.818. The Morgan fingerprint density at radius 3 is 3.24 bits per heavy atom. The number of carbonyl (C=O) groups excluding carboxylic acids is 1. The first kappa shape index (κ1) is 12.3. The number of amides is 2. The zero-order valence-electron chi connectivity index (χ0n) is 11.2. The highest BCUT2D eigenvalue weighted by molar-refractivity contribution is 7.22. The minimum atomic E-state index is -0.187. The summed E-state index contributed by atoms with van der Waals surface area (Å²) in [5, 5.41) is 3.42. The molecule has 0 radical (unpaired) electrons. The number of benzene rings is 1. The number of rotatable bonds is 1. The summed E-state index contributed by atoms with van der Waals surface area (Å²) in [5.41, 5.74) is 0.730. The molecule has 0 unspecified atom stereocenters. The van der Waals surface area contributed by atoms with Gasteiger partial charge in [-0.25, -0.2) is 9.78 Å². The number of fused-ring (bicyclic) bond motifs is 3. The number of ether oxygens (including phenoxy) is 2. The maximum absolute atomic E-state index is 12.0. The van der Waals surface area contributed by atoms with Crippen LogP contribution in [0.5, 0.6) is 11.5 Å². The minimum Gasteiger partial charge on any atom is -0.454 e. The Morgan fingerprint density at radius 2 is 2.38 bits per heavy atom. The van der Waals surface area contributed by atoms with Gasteiger partial charge in [0, 0.05) is 0 Å². The van der Waals surface area contributed by atoms with Crippen molar-refractivity contribution in [2.24, 2.45) is 0 Å². The average molecular weight is 301 g/mol. The minimum absolute atomic E-state index is 0.171. The second-order valence-electron chi connectivity index (χ2n) is 4.61. The smallest absolute Gasteiger partial charge is 0.324 e. The molecule has 2 aliphatic rings. The molecule has 0 bridgehead atoms. The molecule has 6 nitrogen and oxygen atoms in total. The Kier molecular flexibility index (Phi) is 2.65. The summed E-state index contributed by atoms with van der Waals surface area (Å²) in [5.74, 6) is 7.21. The summed E-state index contributed by atoms with van der Waals surface area (Å²) in [4.78, 5) is 18.2. The van der Waals surface area contributed by atoms with Crippen LogP contribution >= 0.6 is 11.3 Å². The van der Waals surface area contributed by atoms with Gasteiger partial charge in [0.05, 0.1) is 11.2 Å². The third-order valence-electron chi connectivity index (χ3n) is 3.38. The highest BCUT2D eigenvalue weighted by Crippen LogP contribution is 2.42. The normalized spacial score (nSPS) is 19.6. The number of carbonyl (C=O) groups is 1. The van der Waals surface area contributed by atoms with E-state index >= 15 is 0 Å². The van der Waals surface area contributed by atoms with Crippen molar-refractivity contribution in [2.75, 3.05) is 18.2 Å². The summed E-state index contributed by atoms with van der Waals surface area (Å²) < 4.78 is 11.8. The van der Waals surface area contributed by atoms with Crippen molar-refractivity contribution in [3.63, 3.8) is 0 Å². The highest BCUT2D eigenvalue weighted by Gasteiger charge is 2.33. The van der Waals surface area contributed by atoms with Gasteiger partial charge < -0.3 is 14.8 Å². The Morgan fingerprint density at radius 1 is 1.48 bits per heavy atom. The Balaban J connectivity index is 1.83. The van der Waals surface area contributed by atoms with Crippen LogP contribution in [-0.4, -0.2) is 30.4 Å². The van der Waals surface area contributed by atoms with E-state index in [0.29, 0.717) is 23.2 Å². The lowest BCUT2D eigenvalue weighted by Gasteiger charge is -2.14. The summed E-state index contributed by atoms with van der Waals surface area (Å²) >= 11 is 1.44. The van der Waals surface area contributed by atoms with E-state index < -0.39 is 0 Å². The summed E-state index contributed by atoms with van der Waals surface area (Å²) in [6.45, 7) is 2.47. The zero-order valence-corrected chi connectivity index (χ0v) is 12.0. The first-order chi connectivity index (χ1) is 10.3. The Labute approximate surface area is 124 Å². The maximum Gasteiger partial charge on any atom is 0.324 e. The lowest BCUT2D eigenvalue weighted by Crippen LogP contribution is -2.33. The second kappa shape index (κ2) is 4.53. The molecule has 3 heterocycles. The summed E-state index contributed by atoms with van der Waals surface area (Å²) in [6.07, 6.45) is 0. The van der Waals surface area contributed by atoms with Gasteiger partial charge in [-0.15, -0.1) is 5.92 Å². The molecule has 1 aromatic carbocycles. The zero-order chi connectivity index (χ0) is 14.4. The van der Waals surface area contributed by atoms with Crippen molar-refractivity contribution in [3.05, 3.63) is 12.1 Å². The van der Waals surface area contributed by atoms with Crippen molar-refractivity contribution in [1.82, 2.24) is 10.3 Å². The van der Waals surface area contributed by atoms with E-state index in [1.807, 2.05) is 12.1 Å². The summed E-state index contributed by atoms with van der Waals surface area (Å²) in [7, 11) is 0. The first-order valence-corrected chi connectivity index (χ1v) is 7.28. The van der Waals surface area contributed by atoms with Crippen LogP contribution in [0, 0.1) is 11.8 Å². The molecule has 2 aliphatic heterocycles. The largest absolute Gasteiger partial charge is 0.454 e. The predicted octanol–water partition coefficient (Wildman–Crippen LogP) is 1.95. The molecule has 106 valence electrons. The third-order valence-corrected chi connectivity index (χ3v) is 4.40. The van der Waals surface area contributed by atoms with Crippen LogP contribution in [0.1, 0.15) is 6.92 Å². The first-order valence-electron chi connectivity index (χ1n) is 6.46. The number of urea groups is 1. The Bertz CT molecular complexity index is 805. The van der Waals surface area contributed by atoms with E-state index in [2.05, 4.69) is 22.1 Å². The van der Waals surface area contributed by atoms with E-state index in [9.17, 15) is 4.79 Å². The molecular weight excluding hydrogens is 290 g/mol. The predicted molar refractivity (Wildman–Crippen MR) is 78.9 cm³/mol. The van der Waals surface area contributed by atoms with E-state index in [4.69, 9.17) is 9.47 Å². The van der Waals surface area contributed by atoms with Crippen molar-refractivity contribution in [1.29, 1.82) is 0 Å². The van der Waals surface area contributed by atoms with Crippen molar-refractivity contribution >= 4 is 32.7 Å². The molecule has 2 aromatic rings. The van der Waals surface area contributed by atoms with Gasteiger partial charge in [0.15, 0.2) is 16.6 Å². The van der Waals surface area contributed by atoms with E-state index in [1.54, 1.807) is 11.8 Å². The number of anilines is 1. The number of hydrogen-bond acceptors (Lipinski definition) is 5. The van der Waals surface area contributed by atoms with Crippen LogP contribution in [0.3, 0.4) is 0 Å². The third kappa shape index (κ3) is 1.80. The second-order valence-corrected chi connectivity index (χ2v) is 5.62. The van der Waals surface area contributed by atoms with Gasteiger partial charge in [-0.05, 0) is 19.1 Å². The van der Waals surface area contributed by atoms with Crippen molar-refractivity contribution in [3.8, 4) is 23.3 Å². The molecule has 1 fully saturated rings. The topological polar surface area (TPSA) is 63.7 Å². The number of aromatic nitrogens is 1. The number of hydrogen-bond donors (Lipinski definition) is 1. The molecular formula is C14H11N3O3S. The number of nitrogens with zero attached hydrogens (tertiary/aromatic N) is 2. The number of thiazole rings is 1. The molecule has 2 amide bonds. The molecule has 1 saturated heterocycles. The van der Waals surface area contributed by atoms with Gasteiger partial charge in [0.1, 0.15) is 11.6 Å². The van der Waals surface area contributed by atoms with Crippen LogP contribution in [0.4, 0.5) is 9.93 Å². The van der Waals surface area contributed by atoms with E-state index in [1.165, 1.54) is 11.3 Å². The Hall–Kier alpha value is -2.46. The molecule has 0 aliphatic carbocycles. The van der Waals surface area contributed by atoms with Gasteiger partial charge in [-0.3, -0.25) is 4.90 Å². The molecule has 4 rings (SSSR count). The molecule has 1 N–H and O–H groups in total.